The second-order valence-electron chi connectivity index (χ2n) is 8.30. The zero-order valence-corrected chi connectivity index (χ0v) is 21.5. The molecule has 2 heterocycles. The highest BCUT2D eigenvalue weighted by Gasteiger charge is 2.27. The van der Waals surface area contributed by atoms with Gasteiger partial charge in [0, 0.05) is 13.0 Å². The molecule has 182 valence electrons. The van der Waals surface area contributed by atoms with E-state index in [-0.39, 0.29) is 35.5 Å². The quantitative estimate of drug-likeness (QED) is 0.391. The lowest BCUT2D eigenvalue weighted by Crippen LogP contribution is -2.37. The van der Waals surface area contributed by atoms with Gasteiger partial charge in [-0.2, -0.15) is 0 Å². The van der Waals surface area contributed by atoms with Crippen molar-refractivity contribution in [2.75, 3.05) is 30.9 Å². The molecule has 1 atom stereocenters. The van der Waals surface area contributed by atoms with Crippen LogP contribution in [0.25, 0.3) is 10.2 Å². The monoisotopic (exact) mass is 522 g/mol. The van der Waals surface area contributed by atoms with Gasteiger partial charge in [-0.05, 0) is 50.5 Å². The van der Waals surface area contributed by atoms with Crippen LogP contribution in [0.4, 0.5) is 5.13 Å². The number of methoxy groups -OCH3 is 1. The third kappa shape index (κ3) is 5.54. The molecule has 7 nitrogen and oxygen atoms in total. The first kappa shape index (κ1) is 24.9. The summed E-state index contributed by atoms with van der Waals surface area (Å²) >= 11 is 7.69. The average Bonchev–Trinajstić information content (AvgIpc) is 3.48. The Bertz CT molecular complexity index is 1270. The highest BCUT2D eigenvalue weighted by molar-refractivity contribution is 7.91. The highest BCUT2D eigenvalue weighted by atomic mass is 35.5. The van der Waals surface area contributed by atoms with E-state index in [0.29, 0.717) is 34.6 Å². The van der Waals surface area contributed by atoms with E-state index in [1.165, 1.54) is 11.3 Å². The van der Waals surface area contributed by atoms with Gasteiger partial charge in [-0.3, -0.25) is 9.69 Å². The molecule has 3 aromatic rings. The van der Waals surface area contributed by atoms with Crippen LogP contribution in [-0.2, 0) is 19.4 Å². The summed E-state index contributed by atoms with van der Waals surface area (Å²) in [6, 6.07) is 10.2. The number of hydrogen-bond acceptors (Lipinski definition) is 7. The Balaban J connectivity index is 1.53. The van der Waals surface area contributed by atoms with Gasteiger partial charge in [-0.1, -0.05) is 40.6 Å². The van der Waals surface area contributed by atoms with Gasteiger partial charge in [0.25, 0.3) is 0 Å². The standard InChI is InChI=1S/C24H27ClN2O5S2/c1-16-7-9-18(10-8-16)34(29,30)14-4-6-21(28)27(15-17-5-3-13-32-17)24-26-22-20(31-2)12-11-19(25)23(22)33-24/h7-12,17H,3-6,13-15H2,1-2H3. The smallest absolute Gasteiger partial charge is 0.228 e. The van der Waals surface area contributed by atoms with E-state index < -0.39 is 9.84 Å². The minimum absolute atomic E-state index is 0.0791. The maximum absolute atomic E-state index is 13.3. The van der Waals surface area contributed by atoms with Crippen molar-refractivity contribution in [3.8, 4) is 5.75 Å². The number of nitrogens with zero attached hydrogens (tertiary/aromatic N) is 2. The van der Waals surface area contributed by atoms with Crippen molar-refractivity contribution in [3.05, 3.63) is 47.0 Å². The highest BCUT2D eigenvalue weighted by Crippen LogP contribution is 2.39. The Kier molecular flexibility index (Phi) is 7.77. The fraction of sp³-hybridized carbons (Fsp3) is 0.417. The summed E-state index contributed by atoms with van der Waals surface area (Å²) in [7, 11) is -1.90. The molecule has 1 unspecified atom stereocenters. The molecule has 0 saturated carbocycles. The first-order valence-corrected chi connectivity index (χ1v) is 14.0. The average molecular weight is 523 g/mol. The van der Waals surface area contributed by atoms with E-state index in [4.69, 9.17) is 21.1 Å². The minimum atomic E-state index is -3.46. The Labute approximate surface area is 208 Å². The maximum atomic E-state index is 13.3. The third-order valence-electron chi connectivity index (χ3n) is 5.79. The van der Waals surface area contributed by atoms with Gasteiger partial charge < -0.3 is 9.47 Å². The second kappa shape index (κ2) is 10.6. The topological polar surface area (TPSA) is 85.8 Å². The number of aryl methyl sites for hydroxylation is 1. The third-order valence-corrected chi connectivity index (χ3v) is 9.15. The molecule has 0 spiro atoms. The molecule has 34 heavy (non-hydrogen) atoms. The van der Waals surface area contributed by atoms with Crippen LogP contribution < -0.4 is 9.64 Å². The number of benzene rings is 2. The molecule has 0 N–H and O–H groups in total. The maximum Gasteiger partial charge on any atom is 0.228 e. The molecule has 0 aliphatic carbocycles. The van der Waals surface area contributed by atoms with E-state index in [1.54, 1.807) is 48.4 Å². The lowest BCUT2D eigenvalue weighted by Gasteiger charge is -2.23. The first-order chi connectivity index (χ1) is 16.3. The Hall–Kier alpha value is -2.20. The van der Waals surface area contributed by atoms with Gasteiger partial charge in [0.2, 0.25) is 5.91 Å². The van der Waals surface area contributed by atoms with Crippen LogP contribution in [0.2, 0.25) is 5.02 Å². The molecular weight excluding hydrogens is 496 g/mol. The number of anilines is 1. The van der Waals surface area contributed by atoms with Crippen molar-refractivity contribution in [3.63, 3.8) is 0 Å². The van der Waals surface area contributed by atoms with Gasteiger partial charge in [-0.25, -0.2) is 13.4 Å². The molecule has 1 aromatic heterocycles. The number of ether oxygens (including phenoxy) is 2. The van der Waals surface area contributed by atoms with Gasteiger partial charge in [0.1, 0.15) is 11.3 Å². The minimum Gasteiger partial charge on any atom is -0.494 e. The van der Waals surface area contributed by atoms with Crippen molar-refractivity contribution in [1.29, 1.82) is 0 Å². The second-order valence-corrected chi connectivity index (χ2v) is 11.8. The SMILES string of the molecule is COc1ccc(Cl)c2sc(N(CC3CCCO3)C(=O)CCCS(=O)(=O)c3ccc(C)cc3)nc12. The summed E-state index contributed by atoms with van der Waals surface area (Å²) in [6.45, 7) is 2.94. The van der Waals surface area contributed by atoms with Crippen molar-refractivity contribution in [1.82, 2.24) is 4.98 Å². The summed E-state index contributed by atoms with van der Waals surface area (Å²) in [6.07, 6.45) is 2.02. The summed E-state index contributed by atoms with van der Waals surface area (Å²) in [4.78, 5) is 19.8. The fourth-order valence-electron chi connectivity index (χ4n) is 3.91. The molecule has 1 fully saturated rings. The Morgan fingerprint density at radius 3 is 2.71 bits per heavy atom. The van der Waals surface area contributed by atoms with Gasteiger partial charge in [0.15, 0.2) is 15.0 Å². The lowest BCUT2D eigenvalue weighted by molar-refractivity contribution is -0.119. The molecule has 1 saturated heterocycles. The molecule has 1 aliphatic rings. The fourth-order valence-corrected chi connectivity index (χ4v) is 6.51. The number of amides is 1. The number of aromatic nitrogens is 1. The summed E-state index contributed by atoms with van der Waals surface area (Å²) < 4.78 is 37.3. The predicted octanol–water partition coefficient (Wildman–Crippen LogP) is 5.03. The molecule has 0 radical (unpaired) electrons. The number of thiazole rings is 1. The van der Waals surface area contributed by atoms with E-state index in [1.807, 2.05) is 6.92 Å². The molecule has 1 aliphatic heterocycles. The van der Waals surface area contributed by atoms with E-state index >= 15 is 0 Å². The number of rotatable bonds is 9. The van der Waals surface area contributed by atoms with Crippen LogP contribution >= 0.6 is 22.9 Å². The van der Waals surface area contributed by atoms with E-state index in [9.17, 15) is 13.2 Å². The van der Waals surface area contributed by atoms with Crippen LogP contribution in [0, 0.1) is 6.92 Å². The first-order valence-electron chi connectivity index (χ1n) is 11.1. The van der Waals surface area contributed by atoms with Crippen molar-refractivity contribution < 1.29 is 22.7 Å². The lowest BCUT2D eigenvalue weighted by atomic mass is 10.2. The van der Waals surface area contributed by atoms with Gasteiger partial charge in [0.05, 0.1) is 40.1 Å². The normalized spacial score (nSPS) is 16.1. The zero-order valence-electron chi connectivity index (χ0n) is 19.1. The predicted molar refractivity (Wildman–Crippen MR) is 135 cm³/mol. The molecular formula is C24H27ClN2O5S2. The van der Waals surface area contributed by atoms with Gasteiger partial charge >= 0.3 is 0 Å². The largest absolute Gasteiger partial charge is 0.494 e. The molecule has 1 amide bonds. The number of hydrogen-bond donors (Lipinski definition) is 0. The van der Waals surface area contributed by atoms with Crippen molar-refractivity contribution in [2.24, 2.45) is 0 Å². The summed E-state index contributed by atoms with van der Waals surface area (Å²) in [5.74, 6) is 0.286. The summed E-state index contributed by atoms with van der Waals surface area (Å²) in [5.41, 5.74) is 1.59. The molecule has 10 heteroatoms. The van der Waals surface area contributed by atoms with Crippen LogP contribution in [0.3, 0.4) is 0 Å². The number of halogens is 1. The summed E-state index contributed by atoms with van der Waals surface area (Å²) in [5, 5.41) is 1.04. The van der Waals surface area contributed by atoms with E-state index in [2.05, 4.69) is 4.98 Å². The number of sulfone groups is 1. The molecule has 0 bridgehead atoms. The number of carbonyl (C=O) groups is 1. The van der Waals surface area contributed by atoms with E-state index in [0.717, 1.165) is 23.1 Å². The molecule has 2 aromatic carbocycles. The van der Waals surface area contributed by atoms with Crippen LogP contribution in [0.1, 0.15) is 31.2 Å². The van der Waals surface area contributed by atoms with Crippen LogP contribution in [-0.4, -0.2) is 51.4 Å². The van der Waals surface area contributed by atoms with Crippen molar-refractivity contribution in [2.45, 2.75) is 43.6 Å². The Morgan fingerprint density at radius 1 is 1.26 bits per heavy atom. The van der Waals surface area contributed by atoms with Crippen LogP contribution in [0.15, 0.2) is 41.3 Å². The Morgan fingerprint density at radius 2 is 2.03 bits per heavy atom. The number of fused-ring (bicyclic) bond motifs is 1. The van der Waals surface area contributed by atoms with Crippen LogP contribution in [0.5, 0.6) is 5.75 Å². The zero-order chi connectivity index (χ0) is 24.3. The molecule has 4 rings (SSSR count). The number of carbonyl (C=O) groups excluding carboxylic acids is 1. The van der Waals surface area contributed by atoms with Gasteiger partial charge in [-0.15, -0.1) is 0 Å². The van der Waals surface area contributed by atoms with Crippen molar-refractivity contribution >= 4 is 54.0 Å².